The smallest absolute Gasteiger partial charge is 0.394 e. The van der Waals surface area contributed by atoms with Crippen LogP contribution in [0.4, 0.5) is 11.8 Å². The molecule has 2 saturated heterocycles. The lowest BCUT2D eigenvalue weighted by Gasteiger charge is -2.21. The highest BCUT2D eigenvalue weighted by Gasteiger charge is 2.44. The number of carbonyl (C=O) groups is 1. The number of carbonyl (C=O) groups excluding carboxylic acids is 1. The van der Waals surface area contributed by atoms with E-state index in [1.807, 2.05) is 0 Å². The molecule has 3 aromatic rings. The number of hydrogen-bond donors (Lipinski definition) is 6. The number of anilines is 1. The third-order valence-electron chi connectivity index (χ3n) is 7.40. The van der Waals surface area contributed by atoms with Crippen molar-refractivity contribution in [1.29, 1.82) is 0 Å². The van der Waals surface area contributed by atoms with Gasteiger partial charge in [-0.15, -0.1) is 0 Å². The van der Waals surface area contributed by atoms with E-state index in [-0.39, 0.29) is 47.2 Å². The molecule has 0 aliphatic carbocycles. The summed E-state index contributed by atoms with van der Waals surface area (Å²) in [5, 5.41) is 20.4. The highest BCUT2D eigenvalue weighted by Crippen LogP contribution is 2.49. The van der Waals surface area contributed by atoms with E-state index in [9.17, 15) is 34.1 Å². The second-order valence-corrected chi connectivity index (χ2v) is 11.7. The lowest BCUT2D eigenvalue weighted by atomic mass is 10.0. The number of ether oxygens (including phenoxy) is 2. The van der Waals surface area contributed by atoms with Crippen LogP contribution in [0.2, 0.25) is 0 Å². The van der Waals surface area contributed by atoms with Crippen molar-refractivity contribution < 1.29 is 43.0 Å². The Bertz CT molecular complexity index is 1920. The summed E-state index contributed by atoms with van der Waals surface area (Å²) in [6.07, 6.45) is -4.67. The lowest BCUT2D eigenvalue weighted by Crippen LogP contribution is -2.38. The molecule has 238 valence electrons. The number of nitrogens with two attached hydrogens (primary N) is 2. The molecule has 6 heterocycles. The van der Waals surface area contributed by atoms with E-state index in [2.05, 4.69) is 29.8 Å². The van der Waals surface area contributed by atoms with Crippen molar-refractivity contribution in [3.8, 4) is 0 Å². The quantitative estimate of drug-likeness (QED) is 0.112. The molecule has 3 aromatic heterocycles. The van der Waals surface area contributed by atoms with Gasteiger partial charge in [0, 0.05) is 19.0 Å². The predicted octanol–water partition coefficient (Wildman–Crippen LogP) is -2.14. The summed E-state index contributed by atoms with van der Waals surface area (Å²) in [7, 11) is -4.88. The van der Waals surface area contributed by atoms with Crippen LogP contribution < -0.4 is 22.7 Å². The summed E-state index contributed by atoms with van der Waals surface area (Å²) in [5.74, 6) is -1.43. The monoisotopic (exact) mass is 648 g/mol. The highest BCUT2D eigenvalue weighted by molar-refractivity contribution is 7.47. The van der Waals surface area contributed by atoms with E-state index in [1.165, 1.54) is 10.9 Å². The van der Waals surface area contributed by atoms with Crippen molar-refractivity contribution in [1.82, 2.24) is 29.1 Å². The molecule has 0 saturated carbocycles. The number of nitrogens with one attached hydrogen (secondary N) is 1. The second-order valence-electron chi connectivity index (χ2n) is 10.3. The van der Waals surface area contributed by atoms with E-state index in [1.54, 1.807) is 0 Å². The summed E-state index contributed by atoms with van der Waals surface area (Å²) < 4.78 is 37.0. The van der Waals surface area contributed by atoms with E-state index in [0.717, 1.165) is 10.8 Å². The normalized spacial score (nSPS) is 29.3. The molecule has 2 unspecified atom stereocenters. The number of aliphatic hydroxyl groups excluding tert-OH is 2. The number of imidazole rings is 1. The van der Waals surface area contributed by atoms with Crippen LogP contribution >= 0.6 is 7.82 Å². The molecule has 0 spiro atoms. The Morgan fingerprint density at radius 1 is 1.16 bits per heavy atom. The zero-order chi connectivity index (χ0) is 32.2. The Kier molecular flexibility index (Phi) is 7.84. The highest BCUT2D eigenvalue weighted by atomic mass is 31.2. The molecule has 0 bridgehead atoms. The van der Waals surface area contributed by atoms with Crippen LogP contribution in [0.15, 0.2) is 27.1 Å². The molecule has 0 radical (unpaired) electrons. The largest absolute Gasteiger partial charge is 0.472 e. The van der Waals surface area contributed by atoms with Gasteiger partial charge in [0.2, 0.25) is 5.95 Å². The van der Waals surface area contributed by atoms with Crippen LogP contribution in [0.5, 0.6) is 0 Å². The summed E-state index contributed by atoms with van der Waals surface area (Å²) in [4.78, 5) is 69.0. The number of amidine groups is 1. The minimum atomic E-state index is -4.88. The van der Waals surface area contributed by atoms with Crippen LogP contribution in [-0.2, 0) is 23.1 Å². The number of rotatable bonds is 8. The number of aromatic nitrogens is 6. The maximum Gasteiger partial charge on any atom is 0.472 e. The van der Waals surface area contributed by atoms with Crippen LogP contribution in [0.1, 0.15) is 35.7 Å². The van der Waals surface area contributed by atoms with Gasteiger partial charge in [0.25, 0.3) is 11.3 Å². The summed E-state index contributed by atoms with van der Waals surface area (Å²) in [6.45, 7) is 5.91. The van der Waals surface area contributed by atoms with Crippen molar-refractivity contribution in [2.24, 2.45) is 10.7 Å². The summed E-state index contributed by atoms with van der Waals surface area (Å²) in [6, 6.07) is -1.38. The van der Waals surface area contributed by atoms with Gasteiger partial charge in [-0.05, 0) is 0 Å². The van der Waals surface area contributed by atoms with Crippen LogP contribution in [0.25, 0.3) is 16.0 Å². The van der Waals surface area contributed by atoms with E-state index < -0.39 is 81.0 Å². The number of phosphoric ester groups is 1. The molecule has 22 heteroatoms. The Morgan fingerprint density at radius 3 is 2.62 bits per heavy atom. The maximum atomic E-state index is 12.9. The molecule has 3 aliphatic rings. The van der Waals surface area contributed by atoms with Gasteiger partial charge in [-0.1, -0.05) is 0 Å². The molecule has 0 aromatic carbocycles. The fourth-order valence-corrected chi connectivity index (χ4v) is 6.18. The molecule has 0 amide bonds. The average Bonchev–Trinajstić information content (AvgIpc) is 3.68. The Hall–Kier alpha value is -4.39. The van der Waals surface area contributed by atoms with Gasteiger partial charge in [-0.2, -0.15) is 9.97 Å². The molecule has 6 rings (SSSR count). The van der Waals surface area contributed by atoms with Crippen molar-refractivity contribution in [3.05, 3.63) is 50.3 Å². The number of phosphoric acid groups is 1. The first-order valence-electron chi connectivity index (χ1n) is 13.2. The number of ketones is 1. The molecule has 2 fully saturated rings. The van der Waals surface area contributed by atoms with Crippen molar-refractivity contribution in [3.63, 3.8) is 0 Å². The predicted molar refractivity (Wildman–Crippen MR) is 148 cm³/mol. The number of fused-ring (bicyclic) bond motifs is 2. The first-order valence-corrected chi connectivity index (χ1v) is 14.7. The van der Waals surface area contributed by atoms with Gasteiger partial charge in [0.15, 0.2) is 22.8 Å². The van der Waals surface area contributed by atoms with E-state index >= 15 is 0 Å². The van der Waals surface area contributed by atoms with Crippen LogP contribution in [-0.4, -0.2) is 99.5 Å². The standard InChI is InChI=1S/C23H25N10O11P/c1-26-15-17(36)8-4-32(23(38)29-19(8)28-18(15)24)14-3-10(11(5-34)42-14)44-45(39,40)41-6-12-9(35)2-13(43-12)33-7-27-16-20(33)30-22(25)31-21(16)37/h4,7,9-15,34-35H,2-3,5-6H2,(H,39,40)(H2,24,28,29,38)(H3,25,30,31,37)/t9-,10-,11-,12-,13-,14-,15?/m1/s1. The SMILES string of the molecule is [C-]#[N+]C1C(=O)c2cn([C@H]3C[C@@H](OP(=O)(O)OC[C@H]4O[C@@H](n5cnc6c(=O)[nH]c(N)nc65)C[C@H]4O)[C@@H](CO)O3)c(=O)nc2N=C1N. The molecule has 21 nitrogen and oxygen atoms in total. The van der Waals surface area contributed by atoms with E-state index in [4.69, 9.17) is 36.6 Å². The third-order valence-corrected chi connectivity index (χ3v) is 8.41. The lowest BCUT2D eigenvalue weighted by molar-refractivity contribution is -0.0564. The fraction of sp³-hybridized carbons (Fsp3) is 0.478. The van der Waals surface area contributed by atoms with Crippen molar-refractivity contribution in [2.75, 3.05) is 18.9 Å². The molecule has 45 heavy (non-hydrogen) atoms. The van der Waals surface area contributed by atoms with Gasteiger partial charge < -0.3 is 36.0 Å². The van der Waals surface area contributed by atoms with Gasteiger partial charge in [0.1, 0.15) is 30.8 Å². The first-order chi connectivity index (χ1) is 21.4. The van der Waals surface area contributed by atoms with Crippen LogP contribution in [0.3, 0.4) is 0 Å². The fourth-order valence-electron chi connectivity index (χ4n) is 5.22. The topological polar surface area (TPSA) is 299 Å². The Labute approximate surface area is 250 Å². The van der Waals surface area contributed by atoms with Gasteiger partial charge in [-0.3, -0.25) is 37.6 Å². The molecule has 8 N–H and O–H groups in total. The Balaban J connectivity index is 1.12. The average molecular weight is 648 g/mol. The number of aliphatic imine (C=N–C) groups is 1. The number of aliphatic hydroxyl groups is 2. The van der Waals surface area contributed by atoms with Crippen molar-refractivity contribution in [2.45, 2.75) is 55.8 Å². The third kappa shape index (κ3) is 5.65. The molecular formula is C23H25N10O11P. The van der Waals surface area contributed by atoms with Gasteiger partial charge in [0.05, 0.1) is 31.2 Å². The number of Topliss-reactive ketones (excluding diaryl/α,β-unsaturated/α-hetero) is 1. The molecule has 8 atom stereocenters. The summed E-state index contributed by atoms with van der Waals surface area (Å²) in [5.41, 5.74) is 9.74. The number of hydrogen-bond acceptors (Lipinski definition) is 16. The zero-order valence-corrected chi connectivity index (χ0v) is 23.8. The maximum absolute atomic E-state index is 12.9. The van der Waals surface area contributed by atoms with Crippen molar-refractivity contribution >= 4 is 42.4 Å². The summed E-state index contributed by atoms with van der Waals surface area (Å²) >= 11 is 0. The molecule has 3 aliphatic heterocycles. The first kappa shape index (κ1) is 30.6. The van der Waals surface area contributed by atoms with E-state index in [0.29, 0.717) is 0 Å². The Morgan fingerprint density at radius 2 is 1.89 bits per heavy atom. The molecular weight excluding hydrogens is 623 g/mol. The van der Waals surface area contributed by atoms with Gasteiger partial charge >= 0.3 is 19.6 Å². The van der Waals surface area contributed by atoms with Crippen LogP contribution in [0, 0.1) is 6.57 Å². The zero-order valence-electron chi connectivity index (χ0n) is 22.9. The minimum Gasteiger partial charge on any atom is -0.394 e. The minimum absolute atomic E-state index is 0.00317. The van der Waals surface area contributed by atoms with Gasteiger partial charge in [-0.25, -0.2) is 25.9 Å². The number of H-pyrrole nitrogens is 1. The number of nitrogen functional groups attached to an aromatic ring is 1. The number of aromatic amines is 1. The second kappa shape index (κ2) is 11.5. The number of nitrogens with zero attached hydrogens (tertiary/aromatic N) is 7.